The maximum atomic E-state index is 11.9. The lowest BCUT2D eigenvalue weighted by Gasteiger charge is -2.30. The summed E-state index contributed by atoms with van der Waals surface area (Å²) in [6.45, 7) is 1.87. The van der Waals surface area contributed by atoms with E-state index in [1.807, 2.05) is 0 Å². The van der Waals surface area contributed by atoms with Gasteiger partial charge in [-0.1, -0.05) is 25.7 Å². The fourth-order valence-electron chi connectivity index (χ4n) is 3.33. The van der Waals surface area contributed by atoms with Crippen LogP contribution in [0.3, 0.4) is 0 Å². The van der Waals surface area contributed by atoms with E-state index in [1.54, 1.807) is 4.90 Å². The summed E-state index contributed by atoms with van der Waals surface area (Å²) in [4.78, 5) is 24.5. The minimum absolute atomic E-state index is 0.0275. The highest BCUT2D eigenvalue weighted by molar-refractivity contribution is 5.75. The van der Waals surface area contributed by atoms with Gasteiger partial charge in [-0.15, -0.1) is 0 Å². The second-order valence-electron chi connectivity index (χ2n) is 6.12. The van der Waals surface area contributed by atoms with E-state index in [-0.39, 0.29) is 11.9 Å². The van der Waals surface area contributed by atoms with Crippen molar-refractivity contribution in [3.8, 4) is 0 Å². The quantitative estimate of drug-likeness (QED) is 0.761. The summed E-state index contributed by atoms with van der Waals surface area (Å²) in [5.74, 6) is -0.138. The van der Waals surface area contributed by atoms with Gasteiger partial charge in [0.2, 0.25) is 0 Å². The lowest BCUT2D eigenvalue weighted by molar-refractivity contribution is -0.143. The highest BCUT2D eigenvalue weighted by atomic mass is 16.4. The number of nitrogens with one attached hydrogen (secondary N) is 1. The molecular weight excluding hydrogens is 256 g/mol. The van der Waals surface area contributed by atoms with Crippen molar-refractivity contribution in [2.24, 2.45) is 11.8 Å². The van der Waals surface area contributed by atoms with Crippen LogP contribution in [0.1, 0.15) is 51.4 Å². The van der Waals surface area contributed by atoms with E-state index in [0.717, 1.165) is 18.9 Å². The number of likely N-dealkylation sites (tertiary alicyclic amines) is 1. The molecule has 1 saturated carbocycles. The van der Waals surface area contributed by atoms with E-state index in [9.17, 15) is 9.59 Å². The van der Waals surface area contributed by atoms with Crippen LogP contribution in [0.5, 0.6) is 0 Å². The lowest BCUT2D eigenvalue weighted by Crippen LogP contribution is -2.45. The van der Waals surface area contributed by atoms with Gasteiger partial charge in [0.15, 0.2) is 0 Å². The van der Waals surface area contributed by atoms with E-state index in [1.165, 1.54) is 32.1 Å². The average Bonchev–Trinajstić information content (AvgIpc) is 2.96. The normalized spacial score (nSPS) is 21.1. The summed E-state index contributed by atoms with van der Waals surface area (Å²) < 4.78 is 0. The number of amides is 2. The summed E-state index contributed by atoms with van der Waals surface area (Å²) in [7, 11) is 0. The molecule has 0 aromatic carbocycles. The Morgan fingerprint density at radius 3 is 2.35 bits per heavy atom. The van der Waals surface area contributed by atoms with Crippen LogP contribution in [0, 0.1) is 11.8 Å². The van der Waals surface area contributed by atoms with Gasteiger partial charge >= 0.3 is 12.0 Å². The second-order valence-corrected chi connectivity index (χ2v) is 6.12. The second kappa shape index (κ2) is 7.50. The fourth-order valence-corrected chi connectivity index (χ4v) is 3.33. The zero-order chi connectivity index (χ0) is 14.4. The molecule has 1 aliphatic carbocycles. The number of carboxylic acid groups (broad SMARTS) is 1. The van der Waals surface area contributed by atoms with Crippen LogP contribution < -0.4 is 5.32 Å². The van der Waals surface area contributed by atoms with Gasteiger partial charge in [-0.3, -0.25) is 4.79 Å². The van der Waals surface area contributed by atoms with Crippen molar-refractivity contribution in [3.63, 3.8) is 0 Å². The van der Waals surface area contributed by atoms with Gasteiger partial charge in [-0.2, -0.15) is 0 Å². The number of carbonyl (C=O) groups excluding carboxylic acids is 1. The number of aliphatic carboxylic acids is 1. The Labute approximate surface area is 120 Å². The van der Waals surface area contributed by atoms with Crippen LogP contribution in [0.2, 0.25) is 0 Å². The SMILES string of the molecule is O=C(O)C1CCN(C(=O)NCCCC2CCCC2)CC1. The summed E-state index contributed by atoms with van der Waals surface area (Å²) in [5.41, 5.74) is 0. The molecule has 0 radical (unpaired) electrons. The van der Waals surface area contributed by atoms with E-state index < -0.39 is 5.97 Å². The zero-order valence-electron chi connectivity index (χ0n) is 12.1. The predicted molar refractivity (Wildman–Crippen MR) is 76.5 cm³/mol. The van der Waals surface area contributed by atoms with E-state index in [0.29, 0.717) is 25.9 Å². The lowest BCUT2D eigenvalue weighted by atomic mass is 9.97. The topological polar surface area (TPSA) is 69.6 Å². The highest BCUT2D eigenvalue weighted by Gasteiger charge is 2.26. The number of hydrogen-bond donors (Lipinski definition) is 2. The number of nitrogens with zero attached hydrogens (tertiary/aromatic N) is 1. The van der Waals surface area contributed by atoms with Crippen molar-refractivity contribution in [2.45, 2.75) is 51.4 Å². The molecule has 1 aliphatic heterocycles. The van der Waals surface area contributed by atoms with Gasteiger partial charge in [-0.05, 0) is 31.6 Å². The monoisotopic (exact) mass is 282 g/mol. The van der Waals surface area contributed by atoms with Crippen molar-refractivity contribution >= 4 is 12.0 Å². The molecule has 5 heteroatoms. The zero-order valence-corrected chi connectivity index (χ0v) is 12.1. The number of carboxylic acids is 1. The third-order valence-electron chi connectivity index (χ3n) is 4.67. The molecule has 5 nitrogen and oxygen atoms in total. The summed E-state index contributed by atoms with van der Waals surface area (Å²) in [6.07, 6.45) is 8.89. The molecule has 0 aromatic rings. The Morgan fingerprint density at radius 1 is 1.10 bits per heavy atom. The Balaban J connectivity index is 1.57. The van der Waals surface area contributed by atoms with Gasteiger partial charge in [0.1, 0.15) is 0 Å². The molecule has 114 valence electrons. The maximum absolute atomic E-state index is 11.9. The molecule has 2 fully saturated rings. The molecule has 0 bridgehead atoms. The third kappa shape index (κ3) is 4.39. The molecule has 1 saturated heterocycles. The smallest absolute Gasteiger partial charge is 0.317 e. The Bertz CT molecular complexity index is 332. The highest BCUT2D eigenvalue weighted by Crippen LogP contribution is 2.28. The molecule has 1 heterocycles. The largest absolute Gasteiger partial charge is 0.481 e. The van der Waals surface area contributed by atoms with E-state index in [2.05, 4.69) is 5.32 Å². The summed E-state index contributed by atoms with van der Waals surface area (Å²) >= 11 is 0. The summed E-state index contributed by atoms with van der Waals surface area (Å²) in [6, 6.07) is -0.0275. The van der Waals surface area contributed by atoms with Crippen molar-refractivity contribution < 1.29 is 14.7 Å². The molecule has 2 amide bonds. The van der Waals surface area contributed by atoms with Crippen LogP contribution in [0.4, 0.5) is 4.79 Å². The van der Waals surface area contributed by atoms with Gasteiger partial charge in [0.05, 0.1) is 5.92 Å². The van der Waals surface area contributed by atoms with Crippen LogP contribution in [0.15, 0.2) is 0 Å². The van der Waals surface area contributed by atoms with Gasteiger partial charge in [-0.25, -0.2) is 4.79 Å². The van der Waals surface area contributed by atoms with Crippen LogP contribution in [0.25, 0.3) is 0 Å². The number of hydrogen-bond acceptors (Lipinski definition) is 2. The number of urea groups is 1. The van der Waals surface area contributed by atoms with Crippen LogP contribution in [-0.4, -0.2) is 41.6 Å². The number of rotatable bonds is 5. The first kappa shape index (κ1) is 15.1. The van der Waals surface area contributed by atoms with Gasteiger partial charge < -0.3 is 15.3 Å². The predicted octanol–water partition coefficient (Wildman–Crippen LogP) is 2.46. The standard InChI is InChI=1S/C15H26N2O3/c18-14(19)13-7-10-17(11-8-13)15(20)16-9-3-6-12-4-1-2-5-12/h12-13H,1-11H2,(H,16,20)(H,18,19). The molecule has 2 aliphatic rings. The van der Waals surface area contributed by atoms with Gasteiger partial charge in [0.25, 0.3) is 0 Å². The van der Waals surface area contributed by atoms with Gasteiger partial charge in [0, 0.05) is 19.6 Å². The number of piperidine rings is 1. The van der Waals surface area contributed by atoms with Crippen molar-refractivity contribution in [1.82, 2.24) is 10.2 Å². The van der Waals surface area contributed by atoms with Crippen molar-refractivity contribution in [3.05, 3.63) is 0 Å². The molecule has 0 unspecified atom stereocenters. The molecule has 20 heavy (non-hydrogen) atoms. The molecule has 0 aromatic heterocycles. The Kier molecular flexibility index (Phi) is 5.68. The average molecular weight is 282 g/mol. The first-order valence-electron chi connectivity index (χ1n) is 7.92. The maximum Gasteiger partial charge on any atom is 0.317 e. The number of carbonyl (C=O) groups is 2. The minimum Gasteiger partial charge on any atom is -0.481 e. The Morgan fingerprint density at radius 2 is 1.75 bits per heavy atom. The first-order valence-corrected chi connectivity index (χ1v) is 7.92. The molecule has 2 rings (SSSR count). The van der Waals surface area contributed by atoms with E-state index in [4.69, 9.17) is 5.11 Å². The van der Waals surface area contributed by atoms with Crippen molar-refractivity contribution in [2.75, 3.05) is 19.6 Å². The molecule has 0 spiro atoms. The van der Waals surface area contributed by atoms with Crippen LogP contribution in [-0.2, 0) is 4.79 Å². The van der Waals surface area contributed by atoms with E-state index >= 15 is 0 Å². The molecule has 2 N–H and O–H groups in total. The molecular formula is C15H26N2O3. The minimum atomic E-state index is -0.735. The van der Waals surface area contributed by atoms with Crippen LogP contribution >= 0.6 is 0 Å². The Hall–Kier alpha value is -1.26. The first-order chi connectivity index (χ1) is 9.66. The third-order valence-corrected chi connectivity index (χ3v) is 4.67. The van der Waals surface area contributed by atoms with Crippen molar-refractivity contribution in [1.29, 1.82) is 0 Å². The summed E-state index contributed by atoms with van der Waals surface area (Å²) in [5, 5.41) is 11.9. The molecule has 0 atom stereocenters. The fraction of sp³-hybridized carbons (Fsp3) is 0.867.